The number of nitrogens with two attached hydrogens (primary N) is 1. The minimum absolute atomic E-state index is 0.0546. The van der Waals surface area contributed by atoms with E-state index >= 15 is 0 Å². The number of nitrogens with one attached hydrogen (secondary N) is 1. The maximum Gasteiger partial charge on any atom is 0.366 e. The number of nitrogens with zero attached hydrogens (tertiary/aromatic N) is 2. The lowest BCUT2D eigenvalue weighted by Gasteiger charge is -2.13. The van der Waals surface area contributed by atoms with Crippen LogP contribution in [0.15, 0.2) is 29.1 Å². The molecule has 2 heterocycles. The number of benzene rings is 1. The molecule has 2 atom stereocenters. The summed E-state index contributed by atoms with van der Waals surface area (Å²) in [6.45, 7) is 0. The molecular weight excluding hydrogens is 300 g/mol. The first-order valence-electron chi connectivity index (χ1n) is 5.93. The van der Waals surface area contributed by atoms with Gasteiger partial charge in [-0.1, -0.05) is 29.8 Å². The second-order valence-electron chi connectivity index (χ2n) is 4.46. The summed E-state index contributed by atoms with van der Waals surface area (Å²) in [5.74, 6) is -1.25. The Labute approximate surface area is 122 Å². The molecule has 3 N–H and O–H groups in total. The molecule has 0 saturated heterocycles. The number of fused-ring (bicyclic) bond motifs is 1. The van der Waals surface area contributed by atoms with Gasteiger partial charge in [0.1, 0.15) is 5.92 Å². The van der Waals surface area contributed by atoms with E-state index in [0.29, 0.717) is 10.6 Å². The van der Waals surface area contributed by atoms with Crippen LogP contribution in [0.5, 0.6) is 5.88 Å². The molecule has 1 aliphatic rings. The second kappa shape index (κ2) is 4.74. The van der Waals surface area contributed by atoms with Gasteiger partial charge in [0.25, 0.3) is 5.56 Å². The first kappa shape index (κ1) is 13.4. The van der Waals surface area contributed by atoms with Crippen molar-refractivity contribution in [1.29, 1.82) is 0 Å². The van der Waals surface area contributed by atoms with Gasteiger partial charge in [-0.2, -0.15) is 4.98 Å². The van der Waals surface area contributed by atoms with Gasteiger partial charge < -0.3 is 10.5 Å². The highest BCUT2D eigenvalue weighted by Gasteiger charge is 2.47. The van der Waals surface area contributed by atoms with Crippen LogP contribution in [0.3, 0.4) is 0 Å². The van der Waals surface area contributed by atoms with Crippen molar-refractivity contribution in [2.24, 2.45) is 0 Å². The number of ether oxygens (including phenoxy) is 1. The molecule has 0 fully saturated rings. The molecular formula is C12H9ClN4O4. The monoisotopic (exact) mass is 308 g/mol. The molecule has 0 amide bonds. The number of nitrogen functional groups attached to an aromatic ring is 1. The Morgan fingerprint density at radius 2 is 2.14 bits per heavy atom. The van der Waals surface area contributed by atoms with Crippen molar-refractivity contribution in [3.63, 3.8) is 0 Å². The van der Waals surface area contributed by atoms with E-state index in [1.807, 2.05) is 0 Å². The van der Waals surface area contributed by atoms with Crippen molar-refractivity contribution in [3.05, 3.63) is 60.9 Å². The van der Waals surface area contributed by atoms with Crippen molar-refractivity contribution in [2.75, 3.05) is 5.73 Å². The fourth-order valence-electron chi connectivity index (χ4n) is 2.37. The summed E-state index contributed by atoms with van der Waals surface area (Å²) in [7, 11) is 0. The lowest BCUT2D eigenvalue weighted by atomic mass is 9.93. The van der Waals surface area contributed by atoms with Gasteiger partial charge in [-0.15, -0.1) is 0 Å². The van der Waals surface area contributed by atoms with Crippen molar-refractivity contribution in [2.45, 2.75) is 12.1 Å². The van der Waals surface area contributed by atoms with Crippen LogP contribution in [0, 0.1) is 10.1 Å². The Kier molecular flexibility index (Phi) is 3.02. The molecule has 0 aliphatic carbocycles. The van der Waals surface area contributed by atoms with Gasteiger partial charge in [-0.25, -0.2) is 0 Å². The van der Waals surface area contributed by atoms with E-state index < -0.39 is 22.6 Å². The van der Waals surface area contributed by atoms with Gasteiger partial charge in [0, 0.05) is 5.02 Å². The Morgan fingerprint density at radius 3 is 2.81 bits per heavy atom. The number of anilines is 1. The highest BCUT2D eigenvalue weighted by molar-refractivity contribution is 6.31. The molecule has 2 aromatic rings. The first-order chi connectivity index (χ1) is 9.99. The number of halogens is 1. The summed E-state index contributed by atoms with van der Waals surface area (Å²) in [5.41, 5.74) is 5.33. The predicted molar refractivity (Wildman–Crippen MR) is 74.0 cm³/mol. The molecule has 1 aromatic heterocycles. The minimum Gasteiger partial charge on any atom is -0.411 e. The van der Waals surface area contributed by atoms with Crippen molar-refractivity contribution < 1.29 is 9.66 Å². The van der Waals surface area contributed by atoms with Crippen LogP contribution in [0.2, 0.25) is 5.02 Å². The fraction of sp³-hybridized carbons (Fsp3) is 0.167. The van der Waals surface area contributed by atoms with E-state index in [-0.39, 0.29) is 17.4 Å². The molecule has 0 unspecified atom stereocenters. The summed E-state index contributed by atoms with van der Waals surface area (Å²) in [6, 6.07) is 6.56. The topological polar surface area (TPSA) is 124 Å². The second-order valence-corrected chi connectivity index (χ2v) is 4.87. The zero-order valence-corrected chi connectivity index (χ0v) is 11.2. The fourth-order valence-corrected chi connectivity index (χ4v) is 2.62. The first-order valence-corrected chi connectivity index (χ1v) is 6.31. The molecule has 9 heteroatoms. The summed E-state index contributed by atoms with van der Waals surface area (Å²) in [6.07, 6.45) is -1.48. The number of aromatic nitrogens is 2. The maximum absolute atomic E-state index is 12.1. The van der Waals surface area contributed by atoms with E-state index in [0.717, 1.165) is 0 Å². The number of hydrogen-bond donors (Lipinski definition) is 2. The number of aromatic amines is 1. The van der Waals surface area contributed by atoms with E-state index in [1.54, 1.807) is 24.3 Å². The number of nitro groups is 1. The van der Waals surface area contributed by atoms with Gasteiger partial charge in [0.15, 0.2) is 0 Å². The molecule has 21 heavy (non-hydrogen) atoms. The Bertz CT molecular complexity index is 791. The van der Waals surface area contributed by atoms with Crippen LogP contribution in [0.25, 0.3) is 0 Å². The molecule has 1 aromatic carbocycles. The number of rotatable bonds is 2. The highest BCUT2D eigenvalue weighted by atomic mass is 35.5. The van der Waals surface area contributed by atoms with E-state index in [2.05, 4.69) is 9.97 Å². The van der Waals surface area contributed by atoms with Crippen LogP contribution >= 0.6 is 11.6 Å². The molecule has 0 bridgehead atoms. The Balaban J connectivity index is 2.25. The van der Waals surface area contributed by atoms with Gasteiger partial charge in [0.05, 0.1) is 10.5 Å². The van der Waals surface area contributed by atoms with Crippen LogP contribution in [-0.4, -0.2) is 21.1 Å². The predicted octanol–water partition coefficient (Wildman–Crippen LogP) is 1.13. The third kappa shape index (κ3) is 2.09. The third-order valence-corrected chi connectivity index (χ3v) is 3.56. The van der Waals surface area contributed by atoms with Crippen molar-refractivity contribution >= 4 is 17.5 Å². The van der Waals surface area contributed by atoms with E-state index in [9.17, 15) is 14.9 Å². The van der Waals surface area contributed by atoms with E-state index in [1.165, 1.54) is 0 Å². The van der Waals surface area contributed by atoms with Crippen molar-refractivity contribution in [1.82, 2.24) is 9.97 Å². The summed E-state index contributed by atoms with van der Waals surface area (Å²) in [5, 5.41) is 11.5. The SMILES string of the molecule is Nc1nc2c(c(=O)[nH]1)[C@@H](c1ccccc1Cl)[C@H]([N+](=O)[O-])O2. The third-order valence-electron chi connectivity index (χ3n) is 3.22. The molecule has 0 saturated carbocycles. The summed E-state index contributed by atoms with van der Waals surface area (Å²) in [4.78, 5) is 28.8. The smallest absolute Gasteiger partial charge is 0.366 e. The quantitative estimate of drug-likeness (QED) is 0.633. The van der Waals surface area contributed by atoms with Gasteiger partial charge in [0.2, 0.25) is 11.8 Å². The molecule has 8 nitrogen and oxygen atoms in total. The standard InChI is InChI=1S/C12H9ClN4O4/c13-6-4-2-1-3-5(6)7-8-9(18)15-12(14)16-10(8)21-11(7)17(19)20/h1-4,7,11H,(H3,14,15,16,18)/t7-,11-/m1/s1. The van der Waals surface area contributed by atoms with Gasteiger partial charge >= 0.3 is 6.23 Å². The summed E-state index contributed by atoms with van der Waals surface area (Å²) < 4.78 is 5.18. The maximum atomic E-state index is 12.1. The van der Waals surface area contributed by atoms with E-state index in [4.69, 9.17) is 22.1 Å². The average Bonchev–Trinajstić information content (AvgIpc) is 2.78. The lowest BCUT2D eigenvalue weighted by molar-refractivity contribution is -0.562. The summed E-state index contributed by atoms with van der Waals surface area (Å²) >= 11 is 6.09. The molecule has 3 rings (SSSR count). The van der Waals surface area contributed by atoms with Crippen molar-refractivity contribution in [3.8, 4) is 5.88 Å². The van der Waals surface area contributed by atoms with Gasteiger partial charge in [-0.05, 0) is 11.6 Å². The zero-order chi connectivity index (χ0) is 15.1. The Hall–Kier alpha value is -2.61. The van der Waals surface area contributed by atoms with Crippen LogP contribution < -0.4 is 16.0 Å². The molecule has 0 radical (unpaired) electrons. The zero-order valence-electron chi connectivity index (χ0n) is 10.4. The average molecular weight is 309 g/mol. The number of hydrogen-bond acceptors (Lipinski definition) is 6. The largest absolute Gasteiger partial charge is 0.411 e. The van der Waals surface area contributed by atoms with Crippen LogP contribution in [0.4, 0.5) is 5.95 Å². The lowest BCUT2D eigenvalue weighted by Crippen LogP contribution is -2.30. The normalized spacial score (nSPS) is 19.9. The highest BCUT2D eigenvalue weighted by Crippen LogP contribution is 2.41. The van der Waals surface area contributed by atoms with Crippen LogP contribution in [0.1, 0.15) is 17.0 Å². The molecule has 0 spiro atoms. The number of H-pyrrole nitrogens is 1. The Morgan fingerprint density at radius 1 is 1.43 bits per heavy atom. The van der Waals surface area contributed by atoms with Crippen LogP contribution in [-0.2, 0) is 0 Å². The van der Waals surface area contributed by atoms with Gasteiger partial charge in [-0.3, -0.25) is 19.9 Å². The molecule has 1 aliphatic heterocycles. The molecule has 108 valence electrons. The minimum atomic E-state index is -1.48.